The van der Waals surface area contributed by atoms with Crippen LogP contribution >= 0.6 is 0 Å². The van der Waals surface area contributed by atoms with E-state index in [1.165, 1.54) is 6.07 Å². The lowest BCUT2D eigenvalue weighted by Crippen LogP contribution is -2.40. The van der Waals surface area contributed by atoms with Gasteiger partial charge in [0.15, 0.2) is 0 Å². The van der Waals surface area contributed by atoms with Crippen LogP contribution in [0, 0.1) is 18.2 Å². The molecule has 0 bridgehead atoms. The molecule has 2 unspecified atom stereocenters. The van der Waals surface area contributed by atoms with Gasteiger partial charge in [-0.2, -0.15) is 0 Å². The van der Waals surface area contributed by atoms with Gasteiger partial charge in [0.25, 0.3) is 0 Å². The number of rotatable bonds is 4. The second-order valence-electron chi connectivity index (χ2n) is 5.81. The van der Waals surface area contributed by atoms with Crippen molar-refractivity contribution in [1.82, 2.24) is 5.32 Å². The summed E-state index contributed by atoms with van der Waals surface area (Å²) < 4.78 is 19.6. The van der Waals surface area contributed by atoms with E-state index < -0.39 is 0 Å². The summed E-state index contributed by atoms with van der Waals surface area (Å²) in [5.41, 5.74) is 1.65. The van der Waals surface area contributed by atoms with Crippen LogP contribution in [0.3, 0.4) is 0 Å². The highest BCUT2D eigenvalue weighted by molar-refractivity contribution is 5.28. The first-order valence-corrected chi connectivity index (χ1v) is 6.27. The Balaban J connectivity index is 3.19. The minimum Gasteiger partial charge on any atom is -0.379 e. The number of halogens is 1. The second kappa shape index (κ2) is 5.81. The van der Waals surface area contributed by atoms with E-state index in [1.54, 1.807) is 13.2 Å². The molecular formula is C15H24FNO. The van der Waals surface area contributed by atoms with Crippen molar-refractivity contribution in [3.05, 3.63) is 35.1 Å². The van der Waals surface area contributed by atoms with Gasteiger partial charge in [0.2, 0.25) is 0 Å². The third kappa shape index (κ3) is 3.30. The third-order valence-corrected chi connectivity index (χ3v) is 3.21. The Morgan fingerprint density at radius 3 is 2.33 bits per heavy atom. The molecule has 1 aromatic rings. The monoisotopic (exact) mass is 253 g/mol. The lowest BCUT2D eigenvalue weighted by molar-refractivity contribution is -0.0109. The number of likely N-dealkylation sites (N-methyl/N-ethyl adjacent to an activating group) is 1. The number of methoxy groups -OCH3 is 1. The van der Waals surface area contributed by atoms with Gasteiger partial charge >= 0.3 is 0 Å². The SMILES string of the molecule is CNC(c1cc(C)ccc1F)C(OC)C(C)(C)C. The molecule has 18 heavy (non-hydrogen) atoms. The highest BCUT2D eigenvalue weighted by atomic mass is 19.1. The van der Waals surface area contributed by atoms with Crippen LogP contribution in [0.25, 0.3) is 0 Å². The van der Waals surface area contributed by atoms with Crippen LogP contribution in [0.1, 0.15) is 37.9 Å². The predicted molar refractivity (Wildman–Crippen MR) is 73.2 cm³/mol. The third-order valence-electron chi connectivity index (χ3n) is 3.21. The molecule has 0 saturated heterocycles. The van der Waals surface area contributed by atoms with Gasteiger partial charge in [-0.15, -0.1) is 0 Å². The van der Waals surface area contributed by atoms with E-state index in [0.717, 1.165) is 5.56 Å². The lowest BCUT2D eigenvalue weighted by atomic mass is 9.81. The number of hydrogen-bond acceptors (Lipinski definition) is 2. The largest absolute Gasteiger partial charge is 0.379 e. The molecule has 0 fully saturated rings. The summed E-state index contributed by atoms with van der Waals surface area (Å²) in [5.74, 6) is -0.189. The molecule has 0 aliphatic carbocycles. The fourth-order valence-electron chi connectivity index (χ4n) is 2.36. The predicted octanol–water partition coefficient (Wildman–Crippen LogP) is 3.46. The van der Waals surface area contributed by atoms with Crippen molar-refractivity contribution >= 4 is 0 Å². The molecule has 2 nitrogen and oxygen atoms in total. The highest BCUT2D eigenvalue weighted by Crippen LogP contribution is 2.33. The molecule has 1 rings (SSSR count). The number of hydrogen-bond donors (Lipinski definition) is 1. The first-order chi connectivity index (χ1) is 8.31. The van der Waals surface area contributed by atoms with Crippen molar-refractivity contribution in [2.24, 2.45) is 5.41 Å². The molecule has 0 aliphatic rings. The molecule has 0 heterocycles. The van der Waals surface area contributed by atoms with E-state index in [1.807, 2.05) is 20.0 Å². The fourth-order valence-corrected chi connectivity index (χ4v) is 2.36. The normalized spacial score (nSPS) is 15.5. The summed E-state index contributed by atoms with van der Waals surface area (Å²) in [5, 5.41) is 3.18. The van der Waals surface area contributed by atoms with E-state index in [4.69, 9.17) is 4.74 Å². The standard InChI is InChI=1S/C15H24FNO/c1-10-7-8-12(16)11(9-10)13(17-5)14(18-6)15(2,3)4/h7-9,13-14,17H,1-6H3. The van der Waals surface area contributed by atoms with Gasteiger partial charge in [-0.25, -0.2) is 4.39 Å². The second-order valence-corrected chi connectivity index (χ2v) is 5.81. The van der Waals surface area contributed by atoms with Gasteiger partial charge in [-0.1, -0.05) is 38.5 Å². The van der Waals surface area contributed by atoms with Crippen LogP contribution < -0.4 is 5.32 Å². The molecule has 1 aromatic carbocycles. The van der Waals surface area contributed by atoms with E-state index in [2.05, 4.69) is 26.1 Å². The number of nitrogens with one attached hydrogen (secondary N) is 1. The van der Waals surface area contributed by atoms with E-state index in [9.17, 15) is 4.39 Å². The Bertz CT molecular complexity index is 398. The zero-order valence-corrected chi connectivity index (χ0v) is 12.2. The van der Waals surface area contributed by atoms with Crippen molar-refractivity contribution in [2.75, 3.05) is 14.2 Å². The summed E-state index contributed by atoms with van der Waals surface area (Å²) in [6.45, 7) is 8.26. The van der Waals surface area contributed by atoms with Crippen LogP contribution in [0.5, 0.6) is 0 Å². The maximum Gasteiger partial charge on any atom is 0.128 e. The van der Waals surface area contributed by atoms with E-state index in [-0.39, 0.29) is 23.4 Å². The van der Waals surface area contributed by atoms with Crippen LogP contribution in [-0.2, 0) is 4.74 Å². The molecule has 0 radical (unpaired) electrons. The molecule has 0 amide bonds. The van der Waals surface area contributed by atoms with Crippen molar-refractivity contribution < 1.29 is 9.13 Å². The lowest BCUT2D eigenvalue weighted by Gasteiger charge is -2.36. The quantitative estimate of drug-likeness (QED) is 0.887. The summed E-state index contributed by atoms with van der Waals surface area (Å²) in [6.07, 6.45) is -0.0983. The van der Waals surface area contributed by atoms with Gasteiger partial charge in [0.05, 0.1) is 12.1 Å². The van der Waals surface area contributed by atoms with Gasteiger partial charge in [0.1, 0.15) is 5.82 Å². The Labute approximate surface area is 110 Å². The Hall–Kier alpha value is -0.930. The first kappa shape index (κ1) is 15.1. The Kier molecular flexibility index (Phi) is 4.88. The molecule has 0 spiro atoms. The zero-order valence-electron chi connectivity index (χ0n) is 12.2. The van der Waals surface area contributed by atoms with Crippen molar-refractivity contribution in [3.8, 4) is 0 Å². The topological polar surface area (TPSA) is 21.3 Å². The maximum atomic E-state index is 14.0. The molecule has 102 valence electrons. The van der Waals surface area contributed by atoms with Crippen LogP contribution in [0.4, 0.5) is 4.39 Å². The molecule has 2 atom stereocenters. The molecule has 0 saturated carbocycles. The van der Waals surface area contributed by atoms with Crippen molar-refractivity contribution in [2.45, 2.75) is 39.8 Å². The minimum absolute atomic E-state index is 0.0708. The molecular weight excluding hydrogens is 229 g/mol. The summed E-state index contributed by atoms with van der Waals surface area (Å²) in [6, 6.07) is 5.03. The smallest absolute Gasteiger partial charge is 0.128 e. The molecule has 0 aromatic heterocycles. The van der Waals surface area contributed by atoms with Gasteiger partial charge in [-0.3, -0.25) is 0 Å². The Morgan fingerprint density at radius 2 is 1.89 bits per heavy atom. The van der Waals surface area contributed by atoms with Crippen molar-refractivity contribution in [1.29, 1.82) is 0 Å². The fraction of sp³-hybridized carbons (Fsp3) is 0.600. The van der Waals surface area contributed by atoms with Gasteiger partial charge < -0.3 is 10.1 Å². The zero-order chi connectivity index (χ0) is 13.9. The highest BCUT2D eigenvalue weighted by Gasteiger charge is 2.33. The van der Waals surface area contributed by atoms with Crippen LogP contribution in [-0.4, -0.2) is 20.3 Å². The maximum absolute atomic E-state index is 14.0. The summed E-state index contributed by atoms with van der Waals surface area (Å²) >= 11 is 0. The number of aryl methyl sites for hydroxylation is 1. The minimum atomic E-state index is -0.189. The molecule has 0 aliphatic heterocycles. The van der Waals surface area contributed by atoms with E-state index in [0.29, 0.717) is 5.56 Å². The summed E-state index contributed by atoms with van der Waals surface area (Å²) in [7, 11) is 3.51. The first-order valence-electron chi connectivity index (χ1n) is 6.27. The number of benzene rings is 1. The van der Waals surface area contributed by atoms with Crippen LogP contribution in [0.2, 0.25) is 0 Å². The average Bonchev–Trinajstić information content (AvgIpc) is 2.27. The van der Waals surface area contributed by atoms with Gasteiger partial charge in [-0.05, 0) is 25.5 Å². The summed E-state index contributed by atoms with van der Waals surface area (Å²) in [4.78, 5) is 0. The average molecular weight is 253 g/mol. The Morgan fingerprint density at radius 1 is 1.28 bits per heavy atom. The van der Waals surface area contributed by atoms with E-state index >= 15 is 0 Å². The van der Waals surface area contributed by atoms with Crippen LogP contribution in [0.15, 0.2) is 18.2 Å². The molecule has 3 heteroatoms. The number of ether oxygens (including phenoxy) is 1. The molecule has 1 N–H and O–H groups in total. The van der Waals surface area contributed by atoms with Gasteiger partial charge in [0, 0.05) is 12.7 Å². The van der Waals surface area contributed by atoms with Crippen molar-refractivity contribution in [3.63, 3.8) is 0 Å².